The molecular weight excluding hydrogens is 552 g/mol. The quantitative estimate of drug-likeness (QED) is 0.205. The molecule has 1 aromatic heterocycles. The number of rotatable bonds is 3. The molecule has 45 heavy (non-hydrogen) atoms. The van der Waals surface area contributed by atoms with Crippen molar-refractivity contribution in [2.24, 2.45) is 4.99 Å². The van der Waals surface area contributed by atoms with Crippen LogP contribution in [0.2, 0.25) is 0 Å². The fourth-order valence-corrected chi connectivity index (χ4v) is 7.64. The summed E-state index contributed by atoms with van der Waals surface area (Å²) < 4.78 is 0. The second-order valence-electron chi connectivity index (χ2n) is 11.6. The van der Waals surface area contributed by atoms with Gasteiger partial charge in [0, 0.05) is 5.39 Å². The summed E-state index contributed by atoms with van der Waals surface area (Å²) in [6.45, 7) is 0. The molecular formula is C41H26N2O2. The fraction of sp³-hybridized carbons (Fsp3) is 0.0244. The summed E-state index contributed by atoms with van der Waals surface area (Å²) in [5.74, 6) is 0.370. The number of aliphatic imine (C=N–C) groups is 1. The number of pyridine rings is 1. The van der Waals surface area contributed by atoms with Crippen molar-refractivity contribution in [3.05, 3.63) is 167 Å². The molecule has 2 aliphatic carbocycles. The molecule has 2 aliphatic rings. The number of nitrogens with zero attached hydrogens (tertiary/aromatic N) is 2. The first-order valence-corrected chi connectivity index (χ1v) is 15.0. The first-order chi connectivity index (χ1) is 22.2. The lowest BCUT2D eigenvalue weighted by Crippen LogP contribution is -2.25. The number of phenols is 2. The van der Waals surface area contributed by atoms with Crippen LogP contribution < -0.4 is 0 Å². The highest BCUT2D eigenvalue weighted by atomic mass is 16.3. The average Bonchev–Trinajstić information content (AvgIpc) is 3.55. The fourth-order valence-electron chi connectivity index (χ4n) is 7.64. The summed E-state index contributed by atoms with van der Waals surface area (Å²) in [6.07, 6.45) is 1.71. The molecule has 4 heteroatoms. The molecule has 0 radical (unpaired) electrons. The molecule has 212 valence electrons. The van der Waals surface area contributed by atoms with Gasteiger partial charge in [0.05, 0.1) is 34.3 Å². The summed E-state index contributed by atoms with van der Waals surface area (Å²) in [5.41, 5.74) is 11.6. The molecule has 7 aromatic rings. The van der Waals surface area contributed by atoms with E-state index in [4.69, 9.17) is 9.98 Å². The van der Waals surface area contributed by atoms with Crippen LogP contribution in [0.1, 0.15) is 27.9 Å². The second-order valence-corrected chi connectivity index (χ2v) is 11.6. The van der Waals surface area contributed by atoms with Crippen LogP contribution in [0, 0.1) is 0 Å². The number of benzene rings is 6. The molecule has 0 atom stereocenters. The van der Waals surface area contributed by atoms with E-state index in [1.54, 1.807) is 12.3 Å². The van der Waals surface area contributed by atoms with Crippen molar-refractivity contribution in [3.63, 3.8) is 0 Å². The molecule has 2 N–H and O–H groups in total. The van der Waals surface area contributed by atoms with Crippen molar-refractivity contribution in [1.29, 1.82) is 0 Å². The van der Waals surface area contributed by atoms with Crippen molar-refractivity contribution in [3.8, 4) is 45.0 Å². The minimum atomic E-state index is -0.503. The van der Waals surface area contributed by atoms with Crippen molar-refractivity contribution in [2.45, 2.75) is 5.41 Å². The van der Waals surface area contributed by atoms with Crippen molar-refractivity contribution >= 4 is 22.7 Å². The Bertz CT molecular complexity index is 2320. The Labute approximate surface area is 260 Å². The number of aromatic nitrogens is 1. The zero-order chi connectivity index (χ0) is 30.1. The molecule has 1 heterocycles. The highest BCUT2D eigenvalue weighted by Crippen LogP contribution is 2.64. The molecule has 0 unspecified atom stereocenters. The van der Waals surface area contributed by atoms with Gasteiger partial charge in [-0.3, -0.25) is 4.99 Å². The Morgan fingerprint density at radius 1 is 0.511 bits per heavy atom. The Hall–Kier alpha value is -6.00. The zero-order valence-electron chi connectivity index (χ0n) is 24.1. The summed E-state index contributed by atoms with van der Waals surface area (Å²) in [7, 11) is 0. The van der Waals surface area contributed by atoms with E-state index < -0.39 is 5.41 Å². The van der Waals surface area contributed by atoms with Crippen molar-refractivity contribution < 1.29 is 10.2 Å². The molecule has 9 rings (SSSR count). The van der Waals surface area contributed by atoms with Crippen LogP contribution in [0.15, 0.2) is 145 Å². The van der Waals surface area contributed by atoms with Gasteiger partial charge >= 0.3 is 0 Å². The number of fused-ring (bicyclic) bond motifs is 11. The smallest absolute Gasteiger partial charge is 0.125 e. The van der Waals surface area contributed by atoms with Gasteiger partial charge in [-0.2, -0.15) is 0 Å². The Balaban J connectivity index is 1.25. The lowest BCUT2D eigenvalue weighted by molar-refractivity contribution is 0.477. The lowest BCUT2D eigenvalue weighted by Gasteiger charge is -2.30. The molecule has 0 fully saturated rings. The van der Waals surface area contributed by atoms with Crippen LogP contribution in [0.4, 0.5) is 5.69 Å². The van der Waals surface area contributed by atoms with E-state index in [-0.39, 0.29) is 11.5 Å². The number of phenolic OH excluding ortho intramolecular Hbond substituents is 2. The predicted octanol–water partition coefficient (Wildman–Crippen LogP) is 9.41. The van der Waals surface area contributed by atoms with Gasteiger partial charge in [0.1, 0.15) is 11.5 Å². The number of hydrogen-bond acceptors (Lipinski definition) is 4. The van der Waals surface area contributed by atoms with Gasteiger partial charge in [-0.05, 0) is 80.2 Å². The molecule has 4 nitrogen and oxygen atoms in total. The van der Waals surface area contributed by atoms with Crippen LogP contribution in [0.25, 0.3) is 44.3 Å². The van der Waals surface area contributed by atoms with Crippen LogP contribution >= 0.6 is 0 Å². The first kappa shape index (κ1) is 25.5. The van der Waals surface area contributed by atoms with Gasteiger partial charge < -0.3 is 10.2 Å². The predicted molar refractivity (Wildman–Crippen MR) is 181 cm³/mol. The van der Waals surface area contributed by atoms with E-state index in [2.05, 4.69) is 78.9 Å². The van der Waals surface area contributed by atoms with Crippen LogP contribution in [-0.2, 0) is 5.41 Å². The topological polar surface area (TPSA) is 65.7 Å². The Morgan fingerprint density at radius 2 is 1.13 bits per heavy atom. The first-order valence-electron chi connectivity index (χ1n) is 15.0. The molecule has 0 saturated carbocycles. The van der Waals surface area contributed by atoms with E-state index in [0.29, 0.717) is 28.0 Å². The van der Waals surface area contributed by atoms with E-state index >= 15 is 0 Å². The van der Waals surface area contributed by atoms with E-state index in [9.17, 15) is 10.2 Å². The number of hydrogen-bond donors (Lipinski definition) is 2. The van der Waals surface area contributed by atoms with E-state index in [1.165, 1.54) is 27.8 Å². The van der Waals surface area contributed by atoms with Gasteiger partial charge in [-0.1, -0.05) is 109 Å². The molecule has 0 bridgehead atoms. The third-order valence-corrected chi connectivity index (χ3v) is 9.36. The normalized spacial score (nSPS) is 13.6. The highest BCUT2D eigenvalue weighted by molar-refractivity contribution is 6.02. The number of aromatic hydroxyl groups is 2. The van der Waals surface area contributed by atoms with Crippen LogP contribution in [-0.4, -0.2) is 21.4 Å². The third kappa shape index (κ3) is 3.48. The minimum Gasteiger partial charge on any atom is -0.507 e. The van der Waals surface area contributed by atoms with Gasteiger partial charge in [-0.15, -0.1) is 0 Å². The molecule has 0 amide bonds. The second kappa shape index (κ2) is 9.50. The van der Waals surface area contributed by atoms with Gasteiger partial charge in [0.15, 0.2) is 0 Å². The maximum absolute atomic E-state index is 11.5. The van der Waals surface area contributed by atoms with Crippen molar-refractivity contribution in [2.75, 3.05) is 0 Å². The third-order valence-electron chi connectivity index (χ3n) is 9.36. The Kier molecular flexibility index (Phi) is 5.38. The molecule has 0 saturated heterocycles. The lowest BCUT2D eigenvalue weighted by atomic mass is 9.70. The summed E-state index contributed by atoms with van der Waals surface area (Å²) in [6, 6.07) is 46.8. The van der Waals surface area contributed by atoms with Crippen molar-refractivity contribution in [1.82, 2.24) is 4.98 Å². The van der Waals surface area contributed by atoms with Crippen LogP contribution in [0.5, 0.6) is 11.5 Å². The monoisotopic (exact) mass is 578 g/mol. The van der Waals surface area contributed by atoms with Gasteiger partial charge in [-0.25, -0.2) is 4.98 Å². The maximum atomic E-state index is 11.5. The Morgan fingerprint density at radius 3 is 1.87 bits per heavy atom. The zero-order valence-corrected chi connectivity index (χ0v) is 24.1. The molecule has 1 spiro atoms. The maximum Gasteiger partial charge on any atom is 0.125 e. The molecule has 0 aliphatic heterocycles. The highest BCUT2D eigenvalue weighted by Gasteiger charge is 2.52. The minimum absolute atomic E-state index is 0.181. The summed E-state index contributed by atoms with van der Waals surface area (Å²) in [4.78, 5) is 9.73. The van der Waals surface area contributed by atoms with Crippen LogP contribution in [0.3, 0.4) is 0 Å². The summed E-state index contributed by atoms with van der Waals surface area (Å²) in [5, 5.41) is 23.7. The van der Waals surface area contributed by atoms with E-state index in [0.717, 1.165) is 22.1 Å². The SMILES string of the molecule is Oc1ccc2c(c1-c1cccc(C=Nc3cccc4cccc(O)c34)n1)-c1ccccc1C21c2ccccc2-c2ccccc21. The average molecular weight is 579 g/mol. The molecule has 6 aromatic carbocycles. The van der Waals surface area contributed by atoms with E-state index in [1.807, 2.05) is 54.6 Å². The standard InChI is InChI=1S/C41H26N2O2/c44-36-21-8-11-25-10-7-19-34(38(25)36)42-24-26-12-9-20-35(43-26)40-37(45)23-22-33-39(40)29-15-3-6-18-32(29)41(33)30-16-4-1-13-27(30)28-14-2-5-17-31(28)41/h1-24,44-45H. The van der Waals surface area contributed by atoms with Gasteiger partial charge in [0.25, 0.3) is 0 Å². The summed E-state index contributed by atoms with van der Waals surface area (Å²) >= 11 is 0. The van der Waals surface area contributed by atoms with Gasteiger partial charge in [0.2, 0.25) is 0 Å². The largest absolute Gasteiger partial charge is 0.507 e.